The maximum absolute atomic E-state index is 4.22. The number of hydrogen-bond donors (Lipinski definition) is 0. The Kier molecular flexibility index (Phi) is 7.60. The summed E-state index contributed by atoms with van der Waals surface area (Å²) >= 11 is 0. The van der Waals surface area contributed by atoms with E-state index in [-0.39, 0.29) is 25.5 Å². The third-order valence-corrected chi connectivity index (χ3v) is 8.13. The van der Waals surface area contributed by atoms with Gasteiger partial charge < -0.3 is 9.55 Å². The topological polar surface area (TPSA) is 21.7 Å². The number of para-hydroxylation sites is 1. The molecule has 210 valence electrons. The van der Waals surface area contributed by atoms with Gasteiger partial charge in [-0.3, -0.25) is 4.57 Å². The number of aromatic nitrogens is 3. The fourth-order valence-electron chi connectivity index (χ4n) is 6.12. The molecule has 7 aromatic rings. The van der Waals surface area contributed by atoms with Crippen molar-refractivity contribution in [1.29, 1.82) is 0 Å². The molecular formula is C39H31IrN3+. The molecule has 0 spiro atoms. The van der Waals surface area contributed by atoms with E-state index in [1.807, 2.05) is 42.5 Å². The van der Waals surface area contributed by atoms with Crippen molar-refractivity contribution in [3.05, 3.63) is 156 Å². The van der Waals surface area contributed by atoms with Crippen molar-refractivity contribution in [2.24, 2.45) is 0 Å². The fourth-order valence-corrected chi connectivity index (χ4v) is 6.12. The molecule has 3 heterocycles. The number of imidazole rings is 1. The van der Waals surface area contributed by atoms with Crippen LogP contribution >= 0.6 is 0 Å². The molecule has 2 aromatic heterocycles. The van der Waals surface area contributed by atoms with E-state index in [1.54, 1.807) is 6.20 Å². The molecule has 0 amide bonds. The first-order valence-corrected chi connectivity index (χ1v) is 14.3. The van der Waals surface area contributed by atoms with Gasteiger partial charge in [0.1, 0.15) is 0 Å². The van der Waals surface area contributed by atoms with Crippen LogP contribution in [0.3, 0.4) is 0 Å². The smallest absolute Gasteiger partial charge is 0.308 e. The summed E-state index contributed by atoms with van der Waals surface area (Å²) in [5, 5.41) is 2.37. The van der Waals surface area contributed by atoms with Gasteiger partial charge in [-0.05, 0) is 54.4 Å². The maximum atomic E-state index is 4.22. The van der Waals surface area contributed by atoms with Crippen molar-refractivity contribution in [3.63, 3.8) is 0 Å². The van der Waals surface area contributed by atoms with E-state index in [1.165, 1.54) is 38.7 Å². The zero-order valence-corrected chi connectivity index (χ0v) is 27.0. The summed E-state index contributed by atoms with van der Waals surface area (Å²) in [5.41, 5.74) is 11.7. The number of fused-ring (bicyclic) bond motifs is 3. The Labute approximate surface area is 266 Å². The van der Waals surface area contributed by atoms with Gasteiger partial charge >= 0.3 is 20.1 Å². The van der Waals surface area contributed by atoms with Crippen LogP contribution in [-0.2, 0) is 25.5 Å². The van der Waals surface area contributed by atoms with Gasteiger partial charge in [-0.15, -0.1) is 76.5 Å². The normalized spacial score (nSPS) is 12.7. The Bertz CT molecular complexity index is 2020. The predicted molar refractivity (Wildman–Crippen MR) is 170 cm³/mol. The number of rotatable bonds is 2. The van der Waals surface area contributed by atoms with Gasteiger partial charge in [0, 0.05) is 6.20 Å². The zero-order chi connectivity index (χ0) is 28.8. The van der Waals surface area contributed by atoms with E-state index in [0.29, 0.717) is 0 Å². The van der Waals surface area contributed by atoms with Gasteiger partial charge in [-0.25, -0.2) is 0 Å². The molecule has 0 fully saturated rings. The average molecular weight is 734 g/mol. The van der Waals surface area contributed by atoms with Gasteiger partial charge in [0.25, 0.3) is 6.33 Å². The molecule has 0 atom stereocenters. The Morgan fingerprint density at radius 1 is 0.767 bits per heavy atom. The van der Waals surface area contributed by atoms with Crippen LogP contribution < -0.4 is 4.57 Å². The summed E-state index contributed by atoms with van der Waals surface area (Å²) in [7, 11) is 0. The molecule has 1 aliphatic heterocycles. The largest absolute Gasteiger partial charge is 3.00 e. The van der Waals surface area contributed by atoms with E-state index in [4.69, 9.17) is 0 Å². The van der Waals surface area contributed by atoms with Gasteiger partial charge in [-0.1, -0.05) is 73.5 Å². The minimum absolute atomic E-state index is 0. The number of aryl methyl sites for hydroxylation is 2. The minimum atomic E-state index is -0.113. The third kappa shape index (κ3) is 5.12. The van der Waals surface area contributed by atoms with Crippen LogP contribution in [0.4, 0.5) is 0 Å². The van der Waals surface area contributed by atoms with Crippen LogP contribution in [0.1, 0.15) is 36.1 Å². The van der Waals surface area contributed by atoms with Crippen LogP contribution in [-0.4, -0.2) is 9.55 Å². The second kappa shape index (κ2) is 11.4. The summed E-state index contributed by atoms with van der Waals surface area (Å²) in [4.78, 5) is 4.22. The first kappa shape index (κ1) is 28.7. The summed E-state index contributed by atoms with van der Waals surface area (Å²) in [6.07, 6.45) is 5.45. The van der Waals surface area contributed by atoms with E-state index < -0.39 is 0 Å². The average Bonchev–Trinajstić information content (AvgIpc) is 3.41. The van der Waals surface area contributed by atoms with Crippen molar-refractivity contribution < 1.29 is 24.7 Å². The summed E-state index contributed by atoms with van der Waals surface area (Å²) in [5.74, 6) is 0. The SMILES string of the molecule is Cc1cc(C)cc(-n2[c-][n+]3c4c(cccc42)C(C)(C)c2cc4ccccc4[c-]c2-3)c1.[Ir+3].[c-]1ccccc1-c1ccccn1. The van der Waals surface area contributed by atoms with Crippen molar-refractivity contribution in [1.82, 2.24) is 9.55 Å². The van der Waals surface area contributed by atoms with Crippen molar-refractivity contribution in [2.45, 2.75) is 33.1 Å². The molecule has 0 saturated heterocycles. The molecular weight excluding hydrogens is 703 g/mol. The molecule has 8 rings (SSSR count). The molecule has 5 aromatic carbocycles. The second-order valence-corrected chi connectivity index (χ2v) is 11.5. The van der Waals surface area contributed by atoms with E-state index >= 15 is 0 Å². The quantitative estimate of drug-likeness (QED) is 0.129. The molecule has 0 unspecified atom stereocenters. The predicted octanol–water partition coefficient (Wildman–Crippen LogP) is 8.46. The van der Waals surface area contributed by atoms with Gasteiger partial charge in [0.2, 0.25) is 0 Å². The van der Waals surface area contributed by atoms with Crippen LogP contribution in [0.15, 0.2) is 115 Å². The fraction of sp³-hybridized carbons (Fsp3) is 0.128. The molecule has 0 aliphatic carbocycles. The molecule has 3 nitrogen and oxygen atoms in total. The Morgan fingerprint density at radius 2 is 1.53 bits per heavy atom. The summed E-state index contributed by atoms with van der Waals surface area (Å²) in [6, 6.07) is 44.7. The third-order valence-electron chi connectivity index (χ3n) is 8.13. The number of benzene rings is 5. The number of pyridine rings is 1. The molecule has 43 heavy (non-hydrogen) atoms. The monoisotopic (exact) mass is 734 g/mol. The molecule has 0 bridgehead atoms. The van der Waals surface area contributed by atoms with Gasteiger partial charge in [0.15, 0.2) is 0 Å². The maximum Gasteiger partial charge on any atom is 3.00 e. The molecule has 0 N–H and O–H groups in total. The number of nitrogens with zero attached hydrogens (tertiary/aromatic N) is 3. The Morgan fingerprint density at radius 3 is 2.28 bits per heavy atom. The van der Waals surface area contributed by atoms with Crippen molar-refractivity contribution in [3.8, 4) is 22.6 Å². The minimum Gasteiger partial charge on any atom is -0.308 e. The second-order valence-electron chi connectivity index (χ2n) is 11.5. The van der Waals surface area contributed by atoms with Crippen molar-refractivity contribution in [2.75, 3.05) is 0 Å². The molecule has 1 aliphatic rings. The van der Waals surface area contributed by atoms with E-state index in [2.05, 4.69) is 127 Å². The Hall–Kier alpha value is -4.37. The number of hydrogen-bond acceptors (Lipinski definition) is 1. The summed E-state index contributed by atoms with van der Waals surface area (Å²) < 4.78 is 4.42. The van der Waals surface area contributed by atoms with Crippen molar-refractivity contribution >= 4 is 21.8 Å². The summed E-state index contributed by atoms with van der Waals surface area (Å²) in [6.45, 7) is 8.94. The van der Waals surface area contributed by atoms with E-state index in [9.17, 15) is 0 Å². The van der Waals surface area contributed by atoms with Gasteiger partial charge in [0.05, 0.1) is 16.7 Å². The van der Waals surface area contributed by atoms with Crippen LogP contribution in [0.2, 0.25) is 0 Å². The van der Waals surface area contributed by atoms with Gasteiger partial charge in [-0.2, -0.15) is 0 Å². The molecule has 4 heteroatoms. The van der Waals surface area contributed by atoms with Crippen LogP contribution in [0.25, 0.3) is 44.4 Å². The van der Waals surface area contributed by atoms with Crippen LogP contribution in [0, 0.1) is 32.3 Å². The van der Waals surface area contributed by atoms with Crippen LogP contribution in [0.5, 0.6) is 0 Å². The Balaban J connectivity index is 0.000000213. The first-order valence-electron chi connectivity index (χ1n) is 14.3. The zero-order valence-electron chi connectivity index (χ0n) is 24.6. The molecule has 0 saturated carbocycles. The van der Waals surface area contributed by atoms with E-state index in [0.717, 1.165) is 28.0 Å². The first-order chi connectivity index (χ1) is 20.4. The standard InChI is InChI=1S/C28H23N2.C11H8N.Ir/c1-18-12-19(2)14-22(13-18)29-17-30-26-16-21-9-6-5-8-20(21)15-24(26)28(3,4)23-10-7-11-25(29)27(23)30;1-2-6-10(7-3-1)11-8-4-5-9-12-11;/h5-15H,1-4H3;1-6,8-9H;/q2*-1;+3. The molecule has 0 radical (unpaired) electrons.